The molecular formula is C11H19N5O3. The lowest BCUT2D eigenvalue weighted by Crippen LogP contribution is -2.50. The fourth-order valence-corrected chi connectivity index (χ4v) is 2.14. The minimum atomic E-state index is -0.422. The number of rotatable bonds is 3. The summed E-state index contributed by atoms with van der Waals surface area (Å²) in [6.45, 7) is 2.44. The first-order valence-electron chi connectivity index (χ1n) is 6.20. The average molecular weight is 269 g/mol. The van der Waals surface area contributed by atoms with Gasteiger partial charge in [0.2, 0.25) is 5.82 Å². The van der Waals surface area contributed by atoms with Gasteiger partial charge in [-0.25, -0.2) is 9.48 Å². The Morgan fingerprint density at radius 1 is 1.42 bits per heavy atom. The van der Waals surface area contributed by atoms with Crippen LogP contribution in [0, 0.1) is 0 Å². The summed E-state index contributed by atoms with van der Waals surface area (Å²) in [6.07, 6.45) is 0.0162. The van der Waals surface area contributed by atoms with Gasteiger partial charge in [-0.05, 0) is 7.05 Å². The summed E-state index contributed by atoms with van der Waals surface area (Å²) in [4.78, 5) is 25.6. The number of aromatic nitrogens is 3. The molecule has 8 heteroatoms. The summed E-state index contributed by atoms with van der Waals surface area (Å²) in [7, 11) is 4.85. The van der Waals surface area contributed by atoms with Crippen molar-refractivity contribution in [2.45, 2.75) is 6.10 Å². The van der Waals surface area contributed by atoms with Crippen LogP contribution >= 0.6 is 0 Å². The fourth-order valence-electron chi connectivity index (χ4n) is 2.14. The lowest BCUT2D eigenvalue weighted by Gasteiger charge is -2.33. The molecular weight excluding hydrogens is 250 g/mol. The van der Waals surface area contributed by atoms with Gasteiger partial charge >= 0.3 is 5.69 Å². The molecule has 1 saturated heterocycles. The SMILES string of the molecule is CNCC1CN(c2nn(C)c(=O)n(C)c2=O)CCO1. The molecule has 8 nitrogen and oxygen atoms in total. The normalized spacial score (nSPS) is 19.7. The molecule has 0 aliphatic carbocycles. The Kier molecular flexibility index (Phi) is 4.01. The Morgan fingerprint density at radius 2 is 2.16 bits per heavy atom. The van der Waals surface area contributed by atoms with Gasteiger partial charge in [-0.2, -0.15) is 0 Å². The van der Waals surface area contributed by atoms with Crippen molar-refractivity contribution >= 4 is 5.82 Å². The largest absolute Gasteiger partial charge is 0.373 e. The van der Waals surface area contributed by atoms with E-state index in [4.69, 9.17) is 4.74 Å². The first kappa shape index (κ1) is 13.8. The average Bonchev–Trinajstić information content (AvgIpc) is 2.41. The van der Waals surface area contributed by atoms with E-state index in [-0.39, 0.29) is 11.7 Å². The predicted octanol–water partition coefficient (Wildman–Crippen LogP) is -2.10. The van der Waals surface area contributed by atoms with Crippen LogP contribution in [0.25, 0.3) is 0 Å². The van der Waals surface area contributed by atoms with Gasteiger partial charge in [-0.3, -0.25) is 9.36 Å². The lowest BCUT2D eigenvalue weighted by molar-refractivity contribution is 0.0416. The monoisotopic (exact) mass is 269 g/mol. The van der Waals surface area contributed by atoms with Crippen LogP contribution in [0.1, 0.15) is 0 Å². The molecule has 0 aromatic carbocycles. The second kappa shape index (κ2) is 5.54. The number of morpholine rings is 1. The molecule has 0 bridgehead atoms. The van der Waals surface area contributed by atoms with E-state index in [1.165, 1.54) is 18.8 Å². The van der Waals surface area contributed by atoms with E-state index in [1.807, 2.05) is 11.9 Å². The van der Waals surface area contributed by atoms with Crippen LogP contribution in [-0.2, 0) is 18.8 Å². The summed E-state index contributed by atoms with van der Waals surface area (Å²) in [5.41, 5.74) is -0.790. The maximum Gasteiger partial charge on any atom is 0.346 e. The van der Waals surface area contributed by atoms with Gasteiger partial charge in [0.15, 0.2) is 0 Å². The van der Waals surface area contributed by atoms with Crippen LogP contribution in [0.3, 0.4) is 0 Å². The van der Waals surface area contributed by atoms with Crippen molar-refractivity contribution in [2.24, 2.45) is 14.1 Å². The van der Waals surface area contributed by atoms with Gasteiger partial charge in [-0.15, -0.1) is 5.10 Å². The quantitative estimate of drug-likeness (QED) is 0.677. The highest BCUT2D eigenvalue weighted by molar-refractivity contribution is 5.35. The second-order valence-corrected chi connectivity index (χ2v) is 4.59. The molecule has 106 valence electrons. The molecule has 1 atom stereocenters. The topological polar surface area (TPSA) is 81.4 Å². The Bertz CT molecular complexity index is 562. The van der Waals surface area contributed by atoms with Crippen LogP contribution in [0.4, 0.5) is 5.82 Å². The maximum absolute atomic E-state index is 12.1. The summed E-state index contributed by atoms with van der Waals surface area (Å²) in [5.74, 6) is 0.300. The Hall–Kier alpha value is -1.67. The molecule has 2 heterocycles. The molecule has 0 amide bonds. The van der Waals surface area contributed by atoms with E-state index in [1.54, 1.807) is 0 Å². The van der Waals surface area contributed by atoms with Crippen molar-refractivity contribution in [3.8, 4) is 0 Å². The summed E-state index contributed by atoms with van der Waals surface area (Å²) >= 11 is 0. The summed E-state index contributed by atoms with van der Waals surface area (Å²) in [5, 5.41) is 7.12. The highest BCUT2D eigenvalue weighted by Crippen LogP contribution is 2.09. The van der Waals surface area contributed by atoms with Gasteiger partial charge in [0.05, 0.1) is 12.7 Å². The second-order valence-electron chi connectivity index (χ2n) is 4.59. The van der Waals surface area contributed by atoms with Gasteiger partial charge in [-0.1, -0.05) is 0 Å². The van der Waals surface area contributed by atoms with E-state index in [0.29, 0.717) is 32.1 Å². The number of hydrogen-bond donors (Lipinski definition) is 1. The van der Waals surface area contributed by atoms with Crippen LogP contribution in [-0.4, -0.2) is 53.7 Å². The number of anilines is 1. The smallest absolute Gasteiger partial charge is 0.346 e. The number of aryl methyl sites for hydroxylation is 1. The Morgan fingerprint density at radius 3 is 2.84 bits per heavy atom. The maximum atomic E-state index is 12.1. The number of nitrogens with one attached hydrogen (secondary N) is 1. The molecule has 1 N–H and O–H groups in total. The van der Waals surface area contributed by atoms with Crippen molar-refractivity contribution in [1.29, 1.82) is 0 Å². The van der Waals surface area contributed by atoms with E-state index >= 15 is 0 Å². The molecule has 1 fully saturated rings. The summed E-state index contributed by atoms with van der Waals surface area (Å²) < 4.78 is 7.84. The molecule has 0 radical (unpaired) electrons. The molecule has 1 aromatic rings. The molecule has 0 saturated carbocycles. The molecule has 1 aliphatic rings. The zero-order chi connectivity index (χ0) is 14.0. The van der Waals surface area contributed by atoms with E-state index < -0.39 is 5.69 Å². The Labute approximate surface area is 110 Å². The molecule has 1 aromatic heterocycles. The third-order valence-corrected chi connectivity index (χ3v) is 3.17. The van der Waals surface area contributed by atoms with Crippen molar-refractivity contribution < 1.29 is 4.74 Å². The summed E-state index contributed by atoms with van der Waals surface area (Å²) in [6, 6.07) is 0. The van der Waals surface area contributed by atoms with Crippen molar-refractivity contribution in [2.75, 3.05) is 38.2 Å². The minimum absolute atomic E-state index is 0.0162. The highest BCUT2D eigenvalue weighted by Gasteiger charge is 2.24. The van der Waals surface area contributed by atoms with Gasteiger partial charge in [0.1, 0.15) is 0 Å². The molecule has 1 unspecified atom stereocenters. The first-order chi connectivity index (χ1) is 9.04. The predicted molar refractivity (Wildman–Crippen MR) is 70.6 cm³/mol. The third kappa shape index (κ3) is 2.69. The van der Waals surface area contributed by atoms with E-state index in [0.717, 1.165) is 4.57 Å². The zero-order valence-electron chi connectivity index (χ0n) is 11.4. The number of hydrogen-bond acceptors (Lipinski definition) is 6. The van der Waals surface area contributed by atoms with Gasteiger partial charge in [0.25, 0.3) is 5.56 Å². The fraction of sp³-hybridized carbons (Fsp3) is 0.727. The number of nitrogens with zero attached hydrogens (tertiary/aromatic N) is 4. The lowest BCUT2D eigenvalue weighted by atomic mass is 10.2. The van der Waals surface area contributed by atoms with E-state index in [9.17, 15) is 9.59 Å². The van der Waals surface area contributed by atoms with Crippen LogP contribution < -0.4 is 21.5 Å². The van der Waals surface area contributed by atoms with Crippen LogP contribution in [0.5, 0.6) is 0 Å². The van der Waals surface area contributed by atoms with Crippen molar-refractivity contribution in [1.82, 2.24) is 19.7 Å². The van der Waals surface area contributed by atoms with Gasteiger partial charge < -0.3 is 15.0 Å². The Balaban J connectivity index is 2.32. The minimum Gasteiger partial charge on any atom is -0.373 e. The van der Waals surface area contributed by atoms with Crippen molar-refractivity contribution in [3.05, 3.63) is 20.8 Å². The van der Waals surface area contributed by atoms with Gasteiger partial charge in [0, 0.05) is 33.7 Å². The molecule has 1 aliphatic heterocycles. The number of likely N-dealkylation sites (N-methyl/N-ethyl adjacent to an activating group) is 1. The number of ether oxygens (including phenoxy) is 1. The zero-order valence-corrected chi connectivity index (χ0v) is 11.4. The van der Waals surface area contributed by atoms with E-state index in [2.05, 4.69) is 10.4 Å². The molecule has 19 heavy (non-hydrogen) atoms. The molecule has 2 rings (SSSR count). The third-order valence-electron chi connectivity index (χ3n) is 3.17. The molecule has 0 spiro atoms. The van der Waals surface area contributed by atoms with Crippen molar-refractivity contribution in [3.63, 3.8) is 0 Å². The van der Waals surface area contributed by atoms with Crippen LogP contribution in [0.15, 0.2) is 9.59 Å². The highest BCUT2D eigenvalue weighted by atomic mass is 16.5. The standard InChI is InChI=1S/C11H19N5O3/c1-12-6-8-7-16(4-5-19-8)9-10(17)14(2)11(18)15(3)13-9/h8,12H,4-7H2,1-3H3. The van der Waals surface area contributed by atoms with Crippen LogP contribution in [0.2, 0.25) is 0 Å². The first-order valence-corrected chi connectivity index (χ1v) is 6.20.